The predicted octanol–water partition coefficient (Wildman–Crippen LogP) is -1.31. The molecular formula is C21H37N5O8. The molecule has 0 aromatic rings. The van der Waals surface area contributed by atoms with Gasteiger partial charge in [-0.2, -0.15) is 0 Å². The third kappa shape index (κ3) is 12.1. The first-order chi connectivity index (χ1) is 15.6. The highest BCUT2D eigenvalue weighted by Gasteiger charge is 2.32. The van der Waals surface area contributed by atoms with Crippen molar-refractivity contribution in [1.82, 2.24) is 16.0 Å². The summed E-state index contributed by atoms with van der Waals surface area (Å²) in [6.45, 7) is 6.81. The Hall–Kier alpha value is -3.22. The van der Waals surface area contributed by atoms with Crippen molar-refractivity contribution < 1.29 is 39.0 Å². The Labute approximate surface area is 198 Å². The molecule has 0 spiro atoms. The van der Waals surface area contributed by atoms with Crippen LogP contribution in [0.4, 0.5) is 0 Å². The molecule has 34 heavy (non-hydrogen) atoms. The van der Waals surface area contributed by atoms with Crippen LogP contribution in [0.15, 0.2) is 0 Å². The van der Waals surface area contributed by atoms with Crippen molar-refractivity contribution in [2.75, 3.05) is 0 Å². The molecule has 0 aliphatic carbocycles. The van der Waals surface area contributed by atoms with E-state index in [0.717, 1.165) is 0 Å². The molecule has 4 amide bonds. The van der Waals surface area contributed by atoms with Crippen molar-refractivity contribution in [2.24, 2.45) is 23.3 Å². The predicted molar refractivity (Wildman–Crippen MR) is 121 cm³/mol. The van der Waals surface area contributed by atoms with Gasteiger partial charge in [0.15, 0.2) is 0 Å². The van der Waals surface area contributed by atoms with Crippen LogP contribution in [0.2, 0.25) is 0 Å². The maximum Gasteiger partial charge on any atom is 0.326 e. The van der Waals surface area contributed by atoms with Crippen molar-refractivity contribution in [3.05, 3.63) is 0 Å². The number of aliphatic carboxylic acids is 2. The highest BCUT2D eigenvalue weighted by atomic mass is 16.4. The number of carboxylic acids is 2. The van der Waals surface area contributed by atoms with Gasteiger partial charge in [-0.1, -0.05) is 27.7 Å². The number of primary amides is 1. The summed E-state index contributed by atoms with van der Waals surface area (Å²) in [5, 5.41) is 25.6. The van der Waals surface area contributed by atoms with E-state index in [9.17, 15) is 33.9 Å². The van der Waals surface area contributed by atoms with Gasteiger partial charge >= 0.3 is 11.9 Å². The van der Waals surface area contributed by atoms with E-state index >= 15 is 0 Å². The van der Waals surface area contributed by atoms with E-state index in [-0.39, 0.29) is 31.6 Å². The molecule has 0 aromatic heterocycles. The molecule has 13 nitrogen and oxygen atoms in total. The SMILES string of the molecule is CC(C)CC(NC(=O)C(CCC(=O)O)NC(=O)C(NC(=O)C(N)CCC(N)=O)C(C)C)C(=O)O. The summed E-state index contributed by atoms with van der Waals surface area (Å²) in [5.74, 6) is -5.92. The van der Waals surface area contributed by atoms with E-state index in [4.69, 9.17) is 16.6 Å². The third-order valence-corrected chi connectivity index (χ3v) is 4.89. The minimum atomic E-state index is -1.35. The van der Waals surface area contributed by atoms with E-state index in [2.05, 4.69) is 16.0 Å². The smallest absolute Gasteiger partial charge is 0.326 e. The molecule has 0 heterocycles. The second-order valence-corrected chi connectivity index (χ2v) is 8.86. The van der Waals surface area contributed by atoms with Gasteiger partial charge in [0, 0.05) is 12.8 Å². The van der Waals surface area contributed by atoms with Crippen molar-refractivity contribution in [3.63, 3.8) is 0 Å². The zero-order chi connectivity index (χ0) is 26.6. The van der Waals surface area contributed by atoms with Crippen LogP contribution in [0.5, 0.6) is 0 Å². The summed E-state index contributed by atoms with van der Waals surface area (Å²) >= 11 is 0. The van der Waals surface area contributed by atoms with Gasteiger partial charge in [0.1, 0.15) is 18.1 Å². The van der Waals surface area contributed by atoms with Crippen molar-refractivity contribution in [3.8, 4) is 0 Å². The fourth-order valence-corrected chi connectivity index (χ4v) is 2.99. The van der Waals surface area contributed by atoms with Gasteiger partial charge < -0.3 is 37.6 Å². The molecule has 0 fully saturated rings. The average Bonchev–Trinajstić information content (AvgIpc) is 2.71. The molecule has 0 bridgehead atoms. The molecule has 0 rings (SSSR count). The first-order valence-electron chi connectivity index (χ1n) is 11.0. The fraction of sp³-hybridized carbons (Fsp3) is 0.714. The zero-order valence-electron chi connectivity index (χ0n) is 20.0. The van der Waals surface area contributed by atoms with Crippen LogP contribution in [0, 0.1) is 11.8 Å². The van der Waals surface area contributed by atoms with E-state index in [1.54, 1.807) is 27.7 Å². The quantitative estimate of drug-likeness (QED) is 0.137. The van der Waals surface area contributed by atoms with Gasteiger partial charge in [-0.05, 0) is 31.1 Å². The monoisotopic (exact) mass is 487 g/mol. The van der Waals surface area contributed by atoms with Gasteiger partial charge in [-0.25, -0.2) is 4.79 Å². The Morgan fingerprint density at radius 2 is 1.32 bits per heavy atom. The fourth-order valence-electron chi connectivity index (χ4n) is 2.99. The maximum atomic E-state index is 12.9. The summed E-state index contributed by atoms with van der Waals surface area (Å²) < 4.78 is 0. The first-order valence-corrected chi connectivity index (χ1v) is 11.0. The van der Waals surface area contributed by atoms with E-state index in [1.165, 1.54) is 0 Å². The molecule has 0 saturated heterocycles. The van der Waals surface area contributed by atoms with Crippen LogP contribution >= 0.6 is 0 Å². The number of hydrogen-bond acceptors (Lipinski definition) is 7. The summed E-state index contributed by atoms with van der Waals surface area (Å²) in [5.41, 5.74) is 10.8. The minimum absolute atomic E-state index is 0.0241. The van der Waals surface area contributed by atoms with Crippen molar-refractivity contribution >= 4 is 35.6 Å². The number of carbonyl (C=O) groups excluding carboxylic acids is 4. The average molecular weight is 488 g/mol. The molecule has 4 atom stereocenters. The minimum Gasteiger partial charge on any atom is -0.481 e. The largest absolute Gasteiger partial charge is 0.481 e. The van der Waals surface area contributed by atoms with Crippen LogP contribution in [0.1, 0.15) is 59.8 Å². The van der Waals surface area contributed by atoms with Crippen LogP contribution in [0.25, 0.3) is 0 Å². The third-order valence-electron chi connectivity index (χ3n) is 4.89. The number of nitrogens with two attached hydrogens (primary N) is 2. The zero-order valence-corrected chi connectivity index (χ0v) is 20.0. The molecule has 9 N–H and O–H groups in total. The Kier molecular flexibility index (Phi) is 13.4. The lowest BCUT2D eigenvalue weighted by Gasteiger charge is -2.27. The topological polar surface area (TPSA) is 231 Å². The highest BCUT2D eigenvalue weighted by Crippen LogP contribution is 2.09. The van der Waals surface area contributed by atoms with Crippen LogP contribution < -0.4 is 27.4 Å². The Bertz CT molecular complexity index is 755. The Morgan fingerprint density at radius 1 is 0.765 bits per heavy atom. The highest BCUT2D eigenvalue weighted by molar-refractivity contribution is 5.94. The van der Waals surface area contributed by atoms with E-state index < -0.39 is 72.1 Å². The number of carboxylic acid groups (broad SMARTS) is 2. The summed E-state index contributed by atoms with van der Waals surface area (Å²) in [7, 11) is 0. The molecule has 0 radical (unpaired) electrons. The second kappa shape index (κ2) is 14.8. The lowest BCUT2D eigenvalue weighted by molar-refractivity contribution is -0.143. The number of nitrogens with one attached hydrogen (secondary N) is 3. The van der Waals surface area contributed by atoms with Crippen LogP contribution in [0.3, 0.4) is 0 Å². The molecule has 0 saturated carbocycles. The molecule has 13 heteroatoms. The normalized spacial score (nSPS) is 14.6. The summed E-state index contributed by atoms with van der Waals surface area (Å²) in [4.78, 5) is 71.3. The number of carbonyl (C=O) groups is 6. The lowest BCUT2D eigenvalue weighted by atomic mass is 10.0. The number of hydrogen-bond donors (Lipinski definition) is 7. The molecule has 0 aliphatic heterocycles. The Morgan fingerprint density at radius 3 is 1.76 bits per heavy atom. The number of amides is 4. The molecule has 0 aliphatic rings. The van der Waals surface area contributed by atoms with Gasteiger partial charge in [0.05, 0.1) is 6.04 Å². The van der Waals surface area contributed by atoms with Gasteiger partial charge in [-0.15, -0.1) is 0 Å². The van der Waals surface area contributed by atoms with E-state index in [0.29, 0.717) is 0 Å². The Balaban J connectivity index is 5.47. The molecule has 4 unspecified atom stereocenters. The first kappa shape index (κ1) is 30.8. The molecular weight excluding hydrogens is 450 g/mol. The van der Waals surface area contributed by atoms with Gasteiger partial charge in [0.2, 0.25) is 23.6 Å². The standard InChI is InChI=1S/C21H37N5O8/c1-10(2)9-14(21(33)34)25-19(31)13(6-8-16(28)29)24-20(32)17(11(3)4)26-18(30)12(22)5-7-15(23)27/h10-14,17H,5-9,22H2,1-4H3,(H2,23,27)(H,24,32)(H,25,31)(H,26,30)(H,28,29)(H,33,34). The lowest BCUT2D eigenvalue weighted by Crippen LogP contribution is -2.58. The van der Waals surface area contributed by atoms with Gasteiger partial charge in [0.25, 0.3) is 0 Å². The van der Waals surface area contributed by atoms with Crippen LogP contribution in [-0.2, 0) is 28.8 Å². The van der Waals surface area contributed by atoms with E-state index in [1.807, 2.05) is 0 Å². The summed E-state index contributed by atoms with van der Waals surface area (Å²) in [6, 6.07) is -4.79. The van der Waals surface area contributed by atoms with Crippen molar-refractivity contribution in [1.29, 1.82) is 0 Å². The maximum absolute atomic E-state index is 12.9. The molecule has 194 valence electrons. The van der Waals surface area contributed by atoms with Crippen LogP contribution in [-0.4, -0.2) is 69.9 Å². The molecule has 0 aromatic carbocycles. The number of rotatable bonds is 16. The van der Waals surface area contributed by atoms with Crippen molar-refractivity contribution in [2.45, 2.75) is 84.0 Å². The summed E-state index contributed by atoms with van der Waals surface area (Å²) in [6.07, 6.45) is -0.765. The van der Waals surface area contributed by atoms with Gasteiger partial charge in [-0.3, -0.25) is 24.0 Å². The second-order valence-electron chi connectivity index (χ2n) is 8.86.